The number of nitrogens with zero attached hydrogens (tertiary/aromatic N) is 2. The molecule has 0 fully saturated rings. The summed E-state index contributed by atoms with van der Waals surface area (Å²) in [4.78, 5) is 16.0. The minimum Gasteiger partial charge on any atom is -0.476 e. The lowest BCUT2D eigenvalue weighted by Crippen LogP contribution is -2.05. The van der Waals surface area contributed by atoms with Crippen molar-refractivity contribution in [2.45, 2.75) is 13.3 Å². The normalized spacial score (nSPS) is 10.9. The smallest absolute Gasteiger partial charge is 0.356 e. The molecule has 0 saturated carbocycles. The van der Waals surface area contributed by atoms with Crippen LogP contribution in [0.15, 0.2) is 42.5 Å². The highest BCUT2D eigenvalue weighted by Gasteiger charge is 2.24. The minimum absolute atomic E-state index is 0.00142. The number of imidazole rings is 1. The predicted octanol–water partition coefficient (Wildman–Crippen LogP) is 5.76. The van der Waals surface area contributed by atoms with Crippen molar-refractivity contribution >= 4 is 40.8 Å². The molecule has 0 spiro atoms. The number of hydrogen-bond acceptors (Lipinski definition) is 2. The van der Waals surface area contributed by atoms with Gasteiger partial charge >= 0.3 is 5.97 Å². The van der Waals surface area contributed by atoms with Crippen LogP contribution in [0.1, 0.15) is 23.1 Å². The Morgan fingerprint density at radius 2 is 1.72 bits per heavy atom. The lowest BCUT2D eigenvalue weighted by Gasteiger charge is -2.13. The molecule has 2 aromatic carbocycles. The zero-order valence-corrected chi connectivity index (χ0v) is 15.4. The van der Waals surface area contributed by atoms with Gasteiger partial charge in [0.15, 0.2) is 5.69 Å². The highest BCUT2D eigenvalue weighted by atomic mass is 35.5. The van der Waals surface area contributed by atoms with Gasteiger partial charge in [0.2, 0.25) is 0 Å². The highest BCUT2D eigenvalue weighted by molar-refractivity contribution is 6.36. The van der Waals surface area contributed by atoms with Gasteiger partial charge < -0.3 is 5.11 Å². The number of benzene rings is 2. The maximum atomic E-state index is 11.7. The Kier molecular flexibility index (Phi) is 5.04. The van der Waals surface area contributed by atoms with Crippen LogP contribution in [0, 0.1) is 0 Å². The van der Waals surface area contributed by atoms with Crippen LogP contribution in [0.3, 0.4) is 0 Å². The van der Waals surface area contributed by atoms with E-state index in [1.807, 2.05) is 19.1 Å². The fourth-order valence-corrected chi connectivity index (χ4v) is 3.29. The number of halogens is 3. The summed E-state index contributed by atoms with van der Waals surface area (Å²) in [5, 5.41) is 11.0. The van der Waals surface area contributed by atoms with Crippen LogP contribution >= 0.6 is 34.8 Å². The molecule has 0 bridgehead atoms. The van der Waals surface area contributed by atoms with E-state index in [4.69, 9.17) is 34.8 Å². The number of carbonyl (C=O) groups is 1. The summed E-state index contributed by atoms with van der Waals surface area (Å²) in [6.45, 7) is 1.88. The first-order valence-electron chi connectivity index (χ1n) is 7.48. The van der Waals surface area contributed by atoms with E-state index in [2.05, 4.69) is 4.98 Å². The quantitative estimate of drug-likeness (QED) is 0.611. The Bertz CT molecular complexity index is 950. The van der Waals surface area contributed by atoms with E-state index in [0.29, 0.717) is 38.6 Å². The number of rotatable bonds is 4. The van der Waals surface area contributed by atoms with Gasteiger partial charge in [-0.25, -0.2) is 9.78 Å². The maximum absolute atomic E-state index is 11.7. The van der Waals surface area contributed by atoms with Crippen molar-refractivity contribution in [2.24, 2.45) is 0 Å². The van der Waals surface area contributed by atoms with Crippen LogP contribution < -0.4 is 0 Å². The molecule has 0 radical (unpaired) electrons. The average Bonchev–Trinajstić information content (AvgIpc) is 2.95. The first-order valence-corrected chi connectivity index (χ1v) is 8.62. The summed E-state index contributed by atoms with van der Waals surface area (Å²) in [7, 11) is 0. The molecular formula is C18H13Cl3N2O2. The van der Waals surface area contributed by atoms with Crippen molar-refractivity contribution in [2.75, 3.05) is 0 Å². The first kappa shape index (κ1) is 17.8. The van der Waals surface area contributed by atoms with Gasteiger partial charge in [-0.3, -0.25) is 4.57 Å². The Labute approximate surface area is 159 Å². The number of carboxylic acids is 1. The summed E-state index contributed by atoms with van der Waals surface area (Å²) < 4.78 is 1.79. The van der Waals surface area contributed by atoms with Crippen molar-refractivity contribution in [3.63, 3.8) is 0 Å². The monoisotopic (exact) mass is 394 g/mol. The van der Waals surface area contributed by atoms with Gasteiger partial charge in [0, 0.05) is 21.3 Å². The number of carboxylic acid groups (broad SMARTS) is 1. The van der Waals surface area contributed by atoms with Crippen LogP contribution in [0.5, 0.6) is 0 Å². The zero-order valence-electron chi connectivity index (χ0n) is 13.1. The Hall–Kier alpha value is -2.01. The van der Waals surface area contributed by atoms with Crippen molar-refractivity contribution in [3.8, 4) is 17.1 Å². The van der Waals surface area contributed by atoms with Crippen LogP contribution in [0.4, 0.5) is 0 Å². The third kappa shape index (κ3) is 3.38. The number of aromatic carboxylic acids is 1. The Morgan fingerprint density at radius 3 is 2.28 bits per heavy atom. The number of aromatic nitrogens is 2. The van der Waals surface area contributed by atoms with E-state index in [1.54, 1.807) is 34.9 Å². The second-order valence-corrected chi connectivity index (χ2v) is 6.61. The molecule has 25 heavy (non-hydrogen) atoms. The molecule has 1 N–H and O–H groups in total. The number of hydrogen-bond donors (Lipinski definition) is 1. The Balaban J connectivity index is 2.34. The molecular weight excluding hydrogens is 383 g/mol. The molecule has 128 valence electrons. The summed E-state index contributed by atoms with van der Waals surface area (Å²) in [6, 6.07) is 12.1. The molecule has 3 aromatic rings. The first-order chi connectivity index (χ1) is 11.9. The maximum Gasteiger partial charge on any atom is 0.356 e. The summed E-state index contributed by atoms with van der Waals surface area (Å²) in [5.41, 5.74) is 1.93. The van der Waals surface area contributed by atoms with Crippen LogP contribution in [0.2, 0.25) is 15.1 Å². The lowest BCUT2D eigenvalue weighted by molar-refractivity contribution is 0.0690. The molecule has 0 amide bonds. The molecule has 0 aliphatic heterocycles. The van der Waals surface area contributed by atoms with E-state index < -0.39 is 5.97 Å². The molecule has 0 aliphatic carbocycles. The Morgan fingerprint density at radius 1 is 1.08 bits per heavy atom. The van der Waals surface area contributed by atoms with Gasteiger partial charge in [-0.1, -0.05) is 41.7 Å². The molecule has 1 heterocycles. The van der Waals surface area contributed by atoms with Crippen molar-refractivity contribution in [3.05, 3.63) is 68.9 Å². The summed E-state index contributed by atoms with van der Waals surface area (Å²) >= 11 is 18.3. The van der Waals surface area contributed by atoms with E-state index in [1.165, 1.54) is 0 Å². The fourth-order valence-electron chi connectivity index (χ4n) is 2.67. The van der Waals surface area contributed by atoms with Crippen molar-refractivity contribution in [1.82, 2.24) is 9.55 Å². The highest BCUT2D eigenvalue weighted by Crippen LogP contribution is 2.33. The summed E-state index contributed by atoms with van der Waals surface area (Å²) in [5.74, 6) is -0.644. The third-order valence-corrected chi connectivity index (χ3v) is 4.57. The molecule has 0 atom stereocenters. The standard InChI is InChI=1S/C18H13Cl3N2O2/c1-2-15-16(18(24)25)22-17(13-8-5-11(20)9-14(13)21)23(15)12-6-3-10(19)4-7-12/h3-9H,2H2,1H3,(H,24,25). The van der Waals surface area contributed by atoms with Gasteiger partial charge in [0.25, 0.3) is 0 Å². The SMILES string of the molecule is CCc1c(C(=O)O)nc(-c2ccc(Cl)cc2Cl)n1-c1ccc(Cl)cc1. The summed E-state index contributed by atoms with van der Waals surface area (Å²) in [6.07, 6.45) is 0.489. The second-order valence-electron chi connectivity index (χ2n) is 5.33. The van der Waals surface area contributed by atoms with E-state index in [-0.39, 0.29) is 5.69 Å². The molecule has 0 aliphatic rings. The molecule has 0 unspecified atom stereocenters. The predicted molar refractivity (Wildman–Crippen MR) is 100 cm³/mol. The lowest BCUT2D eigenvalue weighted by atomic mass is 10.2. The molecule has 4 nitrogen and oxygen atoms in total. The molecule has 0 saturated heterocycles. The minimum atomic E-state index is -1.09. The van der Waals surface area contributed by atoms with Crippen molar-refractivity contribution < 1.29 is 9.90 Å². The van der Waals surface area contributed by atoms with Crippen LogP contribution in [0.25, 0.3) is 17.1 Å². The fraction of sp³-hybridized carbons (Fsp3) is 0.111. The van der Waals surface area contributed by atoms with Gasteiger partial charge in [-0.2, -0.15) is 0 Å². The third-order valence-electron chi connectivity index (χ3n) is 3.77. The average molecular weight is 396 g/mol. The van der Waals surface area contributed by atoms with E-state index >= 15 is 0 Å². The van der Waals surface area contributed by atoms with E-state index in [9.17, 15) is 9.90 Å². The van der Waals surface area contributed by atoms with Crippen LogP contribution in [-0.2, 0) is 6.42 Å². The van der Waals surface area contributed by atoms with Crippen LogP contribution in [-0.4, -0.2) is 20.6 Å². The van der Waals surface area contributed by atoms with E-state index in [0.717, 1.165) is 5.69 Å². The molecule has 3 rings (SSSR count). The van der Waals surface area contributed by atoms with Crippen molar-refractivity contribution in [1.29, 1.82) is 0 Å². The molecule has 7 heteroatoms. The molecule has 1 aromatic heterocycles. The second kappa shape index (κ2) is 7.08. The van der Waals surface area contributed by atoms with Gasteiger partial charge in [-0.05, 0) is 48.9 Å². The van der Waals surface area contributed by atoms with Gasteiger partial charge in [-0.15, -0.1) is 0 Å². The topological polar surface area (TPSA) is 55.1 Å². The zero-order chi connectivity index (χ0) is 18.1. The van der Waals surface area contributed by atoms with Gasteiger partial charge in [0.05, 0.1) is 10.7 Å². The van der Waals surface area contributed by atoms with Gasteiger partial charge in [0.1, 0.15) is 5.82 Å². The largest absolute Gasteiger partial charge is 0.476 e.